The Hall–Kier alpha value is -1.82. The lowest BCUT2D eigenvalue weighted by Crippen LogP contribution is -2.19. The molecule has 0 aliphatic heterocycles. The summed E-state index contributed by atoms with van der Waals surface area (Å²) >= 11 is 3.32. The first-order valence-corrected chi connectivity index (χ1v) is 5.36. The molecule has 3 N–H and O–H groups in total. The Balaban J connectivity index is 1.97. The minimum absolute atomic E-state index is 0.317. The number of rotatable bonds is 2. The fourth-order valence-corrected chi connectivity index (χ4v) is 1.58. The second-order valence-electron chi connectivity index (χ2n) is 3.06. The van der Waals surface area contributed by atoms with Crippen molar-refractivity contribution in [2.45, 2.75) is 0 Å². The highest BCUT2D eigenvalue weighted by molar-refractivity contribution is 9.10. The number of anilines is 2. The first-order chi connectivity index (χ1) is 7.74. The molecule has 0 spiro atoms. The topological polar surface area (TPSA) is 69.8 Å². The van der Waals surface area contributed by atoms with Crippen LogP contribution in [-0.4, -0.2) is 16.2 Å². The molecule has 0 atom stereocenters. The number of benzene rings is 1. The van der Waals surface area contributed by atoms with Crippen molar-refractivity contribution < 1.29 is 4.79 Å². The normalized spacial score (nSPS) is 9.81. The summed E-state index contributed by atoms with van der Waals surface area (Å²) in [6, 6.07) is 8.69. The van der Waals surface area contributed by atoms with E-state index in [9.17, 15) is 4.79 Å². The fourth-order valence-electron chi connectivity index (χ4n) is 1.18. The number of urea groups is 1. The van der Waals surface area contributed by atoms with Crippen molar-refractivity contribution in [3.63, 3.8) is 0 Å². The van der Waals surface area contributed by atoms with Gasteiger partial charge in [0.2, 0.25) is 0 Å². The van der Waals surface area contributed by atoms with Crippen molar-refractivity contribution in [3.05, 3.63) is 41.0 Å². The van der Waals surface area contributed by atoms with Crippen LogP contribution >= 0.6 is 15.9 Å². The number of halogens is 1. The van der Waals surface area contributed by atoms with Gasteiger partial charge in [-0.25, -0.2) is 4.79 Å². The van der Waals surface area contributed by atoms with Gasteiger partial charge in [0, 0.05) is 16.2 Å². The molecule has 5 nitrogen and oxygen atoms in total. The molecule has 2 rings (SSSR count). The van der Waals surface area contributed by atoms with Crippen molar-refractivity contribution in [3.8, 4) is 0 Å². The lowest BCUT2D eigenvalue weighted by molar-refractivity contribution is 0.262. The van der Waals surface area contributed by atoms with Gasteiger partial charge < -0.3 is 5.32 Å². The smallest absolute Gasteiger partial charge is 0.308 e. The molecule has 0 fully saturated rings. The van der Waals surface area contributed by atoms with Gasteiger partial charge in [0.25, 0.3) is 0 Å². The van der Waals surface area contributed by atoms with E-state index in [1.54, 1.807) is 18.3 Å². The molecule has 1 heterocycles. The van der Waals surface area contributed by atoms with E-state index >= 15 is 0 Å². The molecule has 0 aliphatic rings. The first-order valence-electron chi connectivity index (χ1n) is 4.57. The Labute approximate surface area is 100 Å². The average molecular weight is 281 g/mol. The summed E-state index contributed by atoms with van der Waals surface area (Å²) in [5.41, 5.74) is 0.714. The summed E-state index contributed by atoms with van der Waals surface area (Å²) in [6.45, 7) is 0. The van der Waals surface area contributed by atoms with Crippen molar-refractivity contribution in [1.29, 1.82) is 0 Å². The largest absolute Gasteiger partial charge is 0.324 e. The van der Waals surface area contributed by atoms with E-state index < -0.39 is 0 Å². The quantitative estimate of drug-likeness (QED) is 0.792. The number of hydrogen-bond acceptors (Lipinski definition) is 2. The zero-order valence-corrected chi connectivity index (χ0v) is 9.78. The molecule has 0 saturated heterocycles. The molecular formula is C10H9BrN4O. The molecule has 82 valence electrons. The summed E-state index contributed by atoms with van der Waals surface area (Å²) in [6.07, 6.45) is 1.56. The van der Waals surface area contributed by atoms with Gasteiger partial charge in [-0.3, -0.25) is 10.4 Å². The molecule has 1 aromatic carbocycles. The van der Waals surface area contributed by atoms with Crippen LogP contribution in [0.5, 0.6) is 0 Å². The van der Waals surface area contributed by atoms with Crippen LogP contribution < -0.4 is 10.6 Å². The van der Waals surface area contributed by atoms with E-state index in [0.717, 1.165) is 4.47 Å². The standard InChI is InChI=1S/C10H9BrN4O/c11-7-2-1-3-8(6-7)13-10(16)14-9-4-5-12-15-9/h1-6H,(H3,12,13,14,15,16). The zero-order chi connectivity index (χ0) is 11.4. The van der Waals surface area contributed by atoms with Crippen molar-refractivity contribution in [2.24, 2.45) is 0 Å². The third-order valence-corrected chi connectivity index (χ3v) is 2.32. The molecule has 6 heteroatoms. The molecular weight excluding hydrogens is 272 g/mol. The van der Waals surface area contributed by atoms with E-state index in [0.29, 0.717) is 11.5 Å². The molecule has 0 unspecified atom stereocenters. The van der Waals surface area contributed by atoms with Crippen LogP contribution in [0.15, 0.2) is 41.0 Å². The Morgan fingerprint density at radius 1 is 1.31 bits per heavy atom. The molecule has 0 bridgehead atoms. The number of H-pyrrole nitrogens is 1. The Morgan fingerprint density at radius 3 is 2.88 bits per heavy atom. The van der Waals surface area contributed by atoms with Crippen molar-refractivity contribution >= 4 is 33.5 Å². The van der Waals surface area contributed by atoms with E-state index in [4.69, 9.17) is 0 Å². The highest BCUT2D eigenvalue weighted by Crippen LogP contribution is 2.15. The van der Waals surface area contributed by atoms with Gasteiger partial charge in [0.1, 0.15) is 5.82 Å². The van der Waals surface area contributed by atoms with Crippen LogP contribution in [0.3, 0.4) is 0 Å². The summed E-state index contributed by atoms with van der Waals surface area (Å²) in [4.78, 5) is 11.5. The van der Waals surface area contributed by atoms with Gasteiger partial charge in [-0.2, -0.15) is 5.10 Å². The molecule has 2 amide bonds. The second-order valence-corrected chi connectivity index (χ2v) is 3.98. The van der Waals surface area contributed by atoms with Crippen LogP contribution in [0, 0.1) is 0 Å². The Morgan fingerprint density at radius 2 is 2.19 bits per heavy atom. The molecule has 0 radical (unpaired) electrons. The molecule has 16 heavy (non-hydrogen) atoms. The summed E-state index contributed by atoms with van der Waals surface area (Å²) in [7, 11) is 0. The Kier molecular flexibility index (Phi) is 3.21. The van der Waals surface area contributed by atoms with Crippen molar-refractivity contribution in [2.75, 3.05) is 10.6 Å². The summed E-state index contributed by atoms with van der Waals surface area (Å²) in [5.74, 6) is 0.549. The maximum atomic E-state index is 11.5. The zero-order valence-electron chi connectivity index (χ0n) is 8.20. The number of carbonyl (C=O) groups is 1. The number of nitrogens with zero attached hydrogens (tertiary/aromatic N) is 1. The van der Waals surface area contributed by atoms with E-state index in [1.807, 2.05) is 18.2 Å². The monoisotopic (exact) mass is 280 g/mol. The number of carbonyl (C=O) groups excluding carboxylic acids is 1. The first kappa shape index (κ1) is 10.7. The maximum Gasteiger partial charge on any atom is 0.324 e. The third kappa shape index (κ3) is 2.83. The lowest BCUT2D eigenvalue weighted by Gasteiger charge is -2.05. The van der Waals surface area contributed by atoms with Crippen molar-refractivity contribution in [1.82, 2.24) is 10.2 Å². The van der Waals surface area contributed by atoms with Crippen LogP contribution in [-0.2, 0) is 0 Å². The van der Waals surface area contributed by atoms with Crippen LogP contribution in [0.1, 0.15) is 0 Å². The van der Waals surface area contributed by atoms with Crippen LogP contribution in [0.25, 0.3) is 0 Å². The molecule has 1 aromatic heterocycles. The van der Waals surface area contributed by atoms with E-state index in [-0.39, 0.29) is 6.03 Å². The lowest BCUT2D eigenvalue weighted by atomic mass is 10.3. The van der Waals surface area contributed by atoms with Gasteiger partial charge >= 0.3 is 6.03 Å². The predicted molar refractivity (Wildman–Crippen MR) is 65.4 cm³/mol. The fraction of sp³-hybridized carbons (Fsp3) is 0. The Bertz CT molecular complexity index is 483. The molecule has 0 saturated carbocycles. The van der Waals surface area contributed by atoms with Gasteiger partial charge in [-0.15, -0.1) is 0 Å². The van der Waals surface area contributed by atoms with Gasteiger partial charge in [0.05, 0.1) is 6.20 Å². The number of nitrogens with one attached hydrogen (secondary N) is 3. The number of hydrogen-bond donors (Lipinski definition) is 3. The summed E-state index contributed by atoms with van der Waals surface area (Å²) in [5, 5.41) is 11.7. The number of aromatic amines is 1. The van der Waals surface area contributed by atoms with Gasteiger partial charge in [-0.1, -0.05) is 22.0 Å². The minimum atomic E-state index is -0.317. The highest BCUT2D eigenvalue weighted by Gasteiger charge is 2.02. The van der Waals surface area contributed by atoms with Gasteiger partial charge in [0.15, 0.2) is 0 Å². The van der Waals surface area contributed by atoms with E-state index in [2.05, 4.69) is 36.8 Å². The SMILES string of the molecule is O=C(Nc1cccc(Br)c1)Nc1ccn[nH]1. The van der Waals surface area contributed by atoms with Crippen LogP contribution in [0.4, 0.5) is 16.3 Å². The van der Waals surface area contributed by atoms with E-state index in [1.165, 1.54) is 0 Å². The second kappa shape index (κ2) is 4.80. The number of amides is 2. The number of aromatic nitrogens is 2. The average Bonchev–Trinajstić information content (AvgIpc) is 2.70. The van der Waals surface area contributed by atoms with Crippen LogP contribution in [0.2, 0.25) is 0 Å². The predicted octanol–water partition coefficient (Wildman–Crippen LogP) is 2.82. The van der Waals surface area contributed by atoms with Gasteiger partial charge in [-0.05, 0) is 18.2 Å². The minimum Gasteiger partial charge on any atom is -0.308 e. The third-order valence-electron chi connectivity index (χ3n) is 1.83. The highest BCUT2D eigenvalue weighted by atomic mass is 79.9. The molecule has 0 aliphatic carbocycles. The molecule has 2 aromatic rings. The maximum absolute atomic E-state index is 11.5. The summed E-state index contributed by atoms with van der Waals surface area (Å²) < 4.78 is 0.909.